The molecule has 1 saturated heterocycles. The van der Waals surface area contributed by atoms with Crippen molar-refractivity contribution in [2.24, 2.45) is 0 Å². The number of alkyl carbamates (subject to hydrolysis) is 1. The minimum Gasteiger partial charge on any atom is -0.450 e. The summed E-state index contributed by atoms with van der Waals surface area (Å²) in [7, 11) is 0. The number of likely N-dealkylation sites (tertiary alicyclic amines) is 1. The summed E-state index contributed by atoms with van der Waals surface area (Å²) in [4.78, 5) is 25.7. The van der Waals surface area contributed by atoms with E-state index in [-0.39, 0.29) is 11.9 Å². The molecule has 21 heavy (non-hydrogen) atoms. The van der Waals surface area contributed by atoms with Crippen LogP contribution in [0.15, 0.2) is 24.3 Å². The van der Waals surface area contributed by atoms with Gasteiger partial charge in [-0.2, -0.15) is 0 Å². The number of nitrogens with one attached hydrogen (secondary N) is 1. The van der Waals surface area contributed by atoms with E-state index in [1.807, 2.05) is 0 Å². The van der Waals surface area contributed by atoms with Gasteiger partial charge in [0.05, 0.1) is 17.2 Å². The molecule has 0 aliphatic carbocycles. The Hall–Kier alpha value is -1.75. The summed E-state index contributed by atoms with van der Waals surface area (Å²) < 4.78 is 4.87. The molecule has 1 aliphatic rings. The molecule has 2 amide bonds. The van der Waals surface area contributed by atoms with Crippen molar-refractivity contribution in [3.05, 3.63) is 34.9 Å². The van der Waals surface area contributed by atoms with E-state index in [1.54, 1.807) is 36.1 Å². The van der Waals surface area contributed by atoms with E-state index in [0.717, 1.165) is 12.8 Å². The zero-order chi connectivity index (χ0) is 15.2. The van der Waals surface area contributed by atoms with E-state index in [9.17, 15) is 9.59 Å². The lowest BCUT2D eigenvalue weighted by Gasteiger charge is -2.33. The molecule has 1 fully saturated rings. The first-order valence-electron chi connectivity index (χ1n) is 7.09. The third-order valence-electron chi connectivity index (χ3n) is 3.41. The number of halogens is 1. The van der Waals surface area contributed by atoms with Crippen LogP contribution in [0.3, 0.4) is 0 Å². The molecular weight excluding hydrogens is 292 g/mol. The predicted octanol–water partition coefficient (Wildman–Crippen LogP) is 2.69. The molecule has 1 aliphatic heterocycles. The summed E-state index contributed by atoms with van der Waals surface area (Å²) in [6.07, 6.45) is 1.24. The van der Waals surface area contributed by atoms with Gasteiger partial charge in [0, 0.05) is 19.1 Å². The number of carbonyl (C=O) groups excluding carboxylic acids is 2. The smallest absolute Gasteiger partial charge is 0.407 e. The number of hydrogen-bond acceptors (Lipinski definition) is 3. The Morgan fingerprint density at radius 2 is 2.19 bits per heavy atom. The molecule has 6 heteroatoms. The van der Waals surface area contributed by atoms with E-state index in [1.165, 1.54) is 0 Å². The molecule has 2 rings (SSSR count). The molecule has 1 N–H and O–H groups in total. The molecule has 114 valence electrons. The van der Waals surface area contributed by atoms with Crippen LogP contribution in [-0.4, -0.2) is 42.6 Å². The summed E-state index contributed by atoms with van der Waals surface area (Å²) in [6.45, 7) is 3.24. The minimum absolute atomic E-state index is 0.0794. The molecule has 1 aromatic rings. The van der Waals surface area contributed by atoms with Gasteiger partial charge in [-0.25, -0.2) is 4.79 Å². The fourth-order valence-corrected chi connectivity index (χ4v) is 2.64. The maximum Gasteiger partial charge on any atom is 0.407 e. The number of amides is 2. The normalized spacial score (nSPS) is 18.2. The van der Waals surface area contributed by atoms with Gasteiger partial charge in [-0.1, -0.05) is 23.7 Å². The van der Waals surface area contributed by atoms with E-state index in [2.05, 4.69) is 5.32 Å². The first-order chi connectivity index (χ1) is 10.1. The van der Waals surface area contributed by atoms with Crippen molar-refractivity contribution >= 4 is 23.6 Å². The highest BCUT2D eigenvalue weighted by atomic mass is 35.5. The molecule has 0 radical (unpaired) electrons. The number of ether oxygens (including phenoxy) is 1. The highest BCUT2D eigenvalue weighted by Gasteiger charge is 2.26. The van der Waals surface area contributed by atoms with Crippen molar-refractivity contribution in [1.29, 1.82) is 0 Å². The third kappa shape index (κ3) is 4.11. The SMILES string of the molecule is CCOC(=O)N[C@H]1CCCN(C(=O)c2ccccc2Cl)C1. The van der Waals surface area contributed by atoms with Crippen molar-refractivity contribution in [3.8, 4) is 0 Å². The fraction of sp³-hybridized carbons (Fsp3) is 0.467. The molecule has 0 unspecified atom stereocenters. The van der Waals surface area contributed by atoms with E-state index < -0.39 is 6.09 Å². The summed E-state index contributed by atoms with van der Waals surface area (Å²) in [5, 5.41) is 3.23. The first kappa shape index (κ1) is 15.6. The van der Waals surface area contributed by atoms with Gasteiger partial charge >= 0.3 is 6.09 Å². The van der Waals surface area contributed by atoms with Gasteiger partial charge in [-0.15, -0.1) is 0 Å². The topological polar surface area (TPSA) is 58.6 Å². The van der Waals surface area contributed by atoms with Gasteiger partial charge in [0.15, 0.2) is 0 Å². The quantitative estimate of drug-likeness (QED) is 0.934. The number of benzene rings is 1. The number of carbonyl (C=O) groups is 2. The Morgan fingerprint density at radius 1 is 1.43 bits per heavy atom. The lowest BCUT2D eigenvalue weighted by molar-refractivity contribution is 0.0686. The summed E-state index contributed by atoms with van der Waals surface area (Å²) in [5.41, 5.74) is 0.496. The van der Waals surface area contributed by atoms with Gasteiger partial charge in [0.25, 0.3) is 5.91 Å². The lowest BCUT2D eigenvalue weighted by Crippen LogP contribution is -2.49. The Balaban J connectivity index is 1.99. The molecule has 1 atom stereocenters. The number of rotatable bonds is 3. The Bertz CT molecular complexity index is 521. The average Bonchev–Trinajstić information content (AvgIpc) is 2.47. The second kappa shape index (κ2) is 7.31. The van der Waals surface area contributed by atoms with Crippen LogP contribution < -0.4 is 5.32 Å². The second-order valence-corrected chi connectivity index (χ2v) is 5.34. The Morgan fingerprint density at radius 3 is 2.90 bits per heavy atom. The van der Waals surface area contributed by atoms with Crippen LogP contribution in [0.1, 0.15) is 30.1 Å². The maximum atomic E-state index is 12.5. The second-order valence-electron chi connectivity index (χ2n) is 4.93. The summed E-state index contributed by atoms with van der Waals surface area (Å²) in [5.74, 6) is -0.101. The largest absolute Gasteiger partial charge is 0.450 e. The Kier molecular flexibility index (Phi) is 5.44. The maximum absolute atomic E-state index is 12.5. The van der Waals surface area contributed by atoms with Crippen LogP contribution >= 0.6 is 11.6 Å². The van der Waals surface area contributed by atoms with E-state index in [4.69, 9.17) is 16.3 Å². The van der Waals surface area contributed by atoms with Crippen molar-refractivity contribution in [2.75, 3.05) is 19.7 Å². The predicted molar refractivity (Wildman–Crippen MR) is 80.5 cm³/mol. The monoisotopic (exact) mass is 310 g/mol. The summed E-state index contributed by atoms with van der Waals surface area (Å²) in [6, 6.07) is 6.92. The molecule has 0 spiro atoms. The molecule has 1 heterocycles. The van der Waals surface area contributed by atoms with Crippen LogP contribution in [0.4, 0.5) is 4.79 Å². The molecule has 5 nitrogen and oxygen atoms in total. The van der Waals surface area contributed by atoms with Crippen molar-refractivity contribution in [1.82, 2.24) is 10.2 Å². The number of piperidine rings is 1. The fourth-order valence-electron chi connectivity index (χ4n) is 2.42. The van der Waals surface area contributed by atoms with Crippen molar-refractivity contribution < 1.29 is 14.3 Å². The molecular formula is C15H19ClN2O3. The average molecular weight is 311 g/mol. The summed E-state index contributed by atoms with van der Waals surface area (Å²) >= 11 is 6.06. The Labute approximate surface area is 129 Å². The van der Waals surface area contributed by atoms with Crippen molar-refractivity contribution in [3.63, 3.8) is 0 Å². The first-order valence-corrected chi connectivity index (χ1v) is 7.46. The van der Waals surface area contributed by atoms with Gasteiger partial charge in [-0.05, 0) is 31.9 Å². The van der Waals surface area contributed by atoms with Crippen LogP contribution in [0, 0.1) is 0 Å². The minimum atomic E-state index is -0.436. The highest BCUT2D eigenvalue weighted by molar-refractivity contribution is 6.33. The van der Waals surface area contributed by atoms with Gasteiger partial charge in [-0.3, -0.25) is 4.79 Å². The van der Waals surface area contributed by atoms with Crippen molar-refractivity contribution in [2.45, 2.75) is 25.8 Å². The van der Waals surface area contributed by atoms with E-state index in [0.29, 0.717) is 30.3 Å². The standard InChI is InChI=1S/C15H19ClN2O3/c1-2-21-15(20)17-11-6-5-9-18(10-11)14(19)12-7-3-4-8-13(12)16/h3-4,7-8,11H,2,5-6,9-10H2,1H3,(H,17,20)/t11-/m0/s1. The zero-order valence-corrected chi connectivity index (χ0v) is 12.7. The van der Waals surface area contributed by atoms with Crippen LogP contribution in [0.25, 0.3) is 0 Å². The van der Waals surface area contributed by atoms with E-state index >= 15 is 0 Å². The van der Waals surface area contributed by atoms with Crippen LogP contribution in [0.2, 0.25) is 5.02 Å². The number of hydrogen-bond donors (Lipinski definition) is 1. The lowest BCUT2D eigenvalue weighted by atomic mass is 10.0. The molecule has 0 aromatic heterocycles. The van der Waals surface area contributed by atoms with Crippen LogP contribution in [-0.2, 0) is 4.74 Å². The van der Waals surface area contributed by atoms with Gasteiger partial charge < -0.3 is 15.0 Å². The molecule has 0 bridgehead atoms. The molecule has 1 aromatic carbocycles. The van der Waals surface area contributed by atoms with Gasteiger partial charge in [0.2, 0.25) is 0 Å². The zero-order valence-electron chi connectivity index (χ0n) is 12.0. The number of nitrogens with zero attached hydrogens (tertiary/aromatic N) is 1. The highest BCUT2D eigenvalue weighted by Crippen LogP contribution is 2.20. The molecule has 0 saturated carbocycles. The third-order valence-corrected chi connectivity index (χ3v) is 3.74. The van der Waals surface area contributed by atoms with Crippen LogP contribution in [0.5, 0.6) is 0 Å². The van der Waals surface area contributed by atoms with Gasteiger partial charge in [0.1, 0.15) is 0 Å².